The van der Waals surface area contributed by atoms with Gasteiger partial charge in [-0.1, -0.05) is 18.6 Å². The molecule has 1 N–H and O–H groups in total. The number of rotatable bonds is 8. The molecule has 1 unspecified atom stereocenters. The van der Waals surface area contributed by atoms with Crippen molar-refractivity contribution < 1.29 is 9.47 Å². The van der Waals surface area contributed by atoms with Gasteiger partial charge in [0.1, 0.15) is 6.61 Å². The van der Waals surface area contributed by atoms with Gasteiger partial charge in [-0.25, -0.2) is 0 Å². The Kier molecular flexibility index (Phi) is 6.83. The average molecular weight is 292 g/mol. The summed E-state index contributed by atoms with van der Waals surface area (Å²) in [5, 5.41) is 3.30. The van der Waals surface area contributed by atoms with E-state index in [1.807, 2.05) is 38.2 Å². The van der Waals surface area contributed by atoms with Gasteiger partial charge in [0.2, 0.25) is 0 Å². The van der Waals surface area contributed by atoms with Crippen molar-refractivity contribution in [3.05, 3.63) is 24.3 Å². The third kappa shape index (κ3) is 4.90. The Morgan fingerprint density at radius 3 is 2.67 bits per heavy atom. The molecule has 1 heterocycles. The van der Waals surface area contributed by atoms with Gasteiger partial charge in [-0.05, 0) is 45.5 Å². The number of likely N-dealkylation sites (N-methyl/N-ethyl adjacent to an activating group) is 1. The van der Waals surface area contributed by atoms with Crippen LogP contribution in [0.15, 0.2) is 24.3 Å². The molecular weight excluding hydrogens is 264 g/mol. The van der Waals surface area contributed by atoms with Crippen molar-refractivity contribution in [2.45, 2.75) is 32.2 Å². The Labute approximate surface area is 128 Å². The number of benzene rings is 1. The van der Waals surface area contributed by atoms with E-state index in [-0.39, 0.29) is 0 Å². The third-order valence-corrected chi connectivity index (χ3v) is 3.97. The minimum atomic E-state index is 0.648. The van der Waals surface area contributed by atoms with E-state index in [2.05, 4.69) is 10.2 Å². The number of nitrogens with zero attached hydrogens (tertiary/aromatic N) is 1. The Morgan fingerprint density at radius 2 is 1.95 bits per heavy atom. The van der Waals surface area contributed by atoms with Crippen LogP contribution in [0.3, 0.4) is 0 Å². The molecule has 0 bridgehead atoms. The lowest BCUT2D eigenvalue weighted by atomic mass is 10.0. The molecule has 0 aromatic heterocycles. The first-order chi connectivity index (χ1) is 10.3. The Balaban J connectivity index is 1.82. The van der Waals surface area contributed by atoms with Gasteiger partial charge in [0.15, 0.2) is 11.5 Å². The van der Waals surface area contributed by atoms with Gasteiger partial charge in [0.25, 0.3) is 0 Å². The molecule has 2 rings (SSSR count). The highest BCUT2D eigenvalue weighted by Crippen LogP contribution is 2.26. The van der Waals surface area contributed by atoms with Gasteiger partial charge in [0, 0.05) is 19.1 Å². The SMILES string of the molecule is CCOc1ccccc1OCCN1CCCCC1CNC. The quantitative estimate of drug-likeness (QED) is 0.798. The molecule has 1 fully saturated rings. The zero-order valence-corrected chi connectivity index (χ0v) is 13.3. The maximum absolute atomic E-state index is 5.93. The van der Waals surface area contributed by atoms with E-state index >= 15 is 0 Å². The van der Waals surface area contributed by atoms with Crippen LogP contribution in [-0.4, -0.2) is 50.8 Å². The summed E-state index contributed by atoms with van der Waals surface area (Å²) in [6.45, 7) is 6.60. The summed E-state index contributed by atoms with van der Waals surface area (Å²) in [6.07, 6.45) is 3.93. The second-order valence-corrected chi connectivity index (χ2v) is 5.47. The highest BCUT2D eigenvalue weighted by atomic mass is 16.5. The van der Waals surface area contributed by atoms with Crippen LogP contribution in [0.2, 0.25) is 0 Å². The maximum Gasteiger partial charge on any atom is 0.161 e. The first kappa shape index (κ1) is 16.1. The first-order valence-electron chi connectivity index (χ1n) is 8.08. The van der Waals surface area contributed by atoms with Crippen LogP contribution in [0.4, 0.5) is 0 Å². The minimum absolute atomic E-state index is 0.648. The van der Waals surface area contributed by atoms with Gasteiger partial charge < -0.3 is 14.8 Å². The fourth-order valence-corrected chi connectivity index (χ4v) is 2.94. The Morgan fingerprint density at radius 1 is 1.19 bits per heavy atom. The number of hydrogen-bond acceptors (Lipinski definition) is 4. The Hall–Kier alpha value is -1.26. The number of ether oxygens (including phenoxy) is 2. The van der Waals surface area contributed by atoms with Crippen molar-refractivity contribution in [3.63, 3.8) is 0 Å². The standard InChI is InChI=1S/C17H28N2O2/c1-3-20-16-9-4-5-10-17(16)21-13-12-19-11-7-6-8-15(19)14-18-2/h4-5,9-10,15,18H,3,6-8,11-14H2,1-2H3. The van der Waals surface area contributed by atoms with Crippen LogP contribution in [0.25, 0.3) is 0 Å². The van der Waals surface area contributed by atoms with E-state index in [1.54, 1.807) is 0 Å². The molecular formula is C17H28N2O2. The summed E-state index contributed by atoms with van der Waals surface area (Å²) in [7, 11) is 2.03. The van der Waals surface area contributed by atoms with E-state index in [4.69, 9.17) is 9.47 Å². The first-order valence-corrected chi connectivity index (χ1v) is 8.08. The second kappa shape index (κ2) is 8.90. The van der Waals surface area contributed by atoms with E-state index in [9.17, 15) is 0 Å². The van der Waals surface area contributed by atoms with E-state index in [0.717, 1.165) is 24.6 Å². The van der Waals surface area contributed by atoms with Gasteiger partial charge >= 0.3 is 0 Å². The molecule has 1 aliphatic heterocycles. The molecule has 4 nitrogen and oxygen atoms in total. The molecule has 1 atom stereocenters. The summed E-state index contributed by atoms with van der Waals surface area (Å²) in [4.78, 5) is 2.54. The second-order valence-electron chi connectivity index (χ2n) is 5.47. The summed E-state index contributed by atoms with van der Waals surface area (Å²) < 4.78 is 11.5. The summed E-state index contributed by atoms with van der Waals surface area (Å²) >= 11 is 0. The predicted octanol–water partition coefficient (Wildman–Crippen LogP) is 2.54. The number of piperidine rings is 1. The minimum Gasteiger partial charge on any atom is -0.490 e. The zero-order valence-electron chi connectivity index (χ0n) is 13.3. The van der Waals surface area contributed by atoms with Crippen molar-refractivity contribution in [2.24, 2.45) is 0 Å². The molecule has 1 aromatic rings. The topological polar surface area (TPSA) is 33.7 Å². The van der Waals surface area contributed by atoms with Crippen molar-refractivity contribution in [1.82, 2.24) is 10.2 Å². The van der Waals surface area contributed by atoms with Crippen LogP contribution in [-0.2, 0) is 0 Å². The van der Waals surface area contributed by atoms with Crippen molar-refractivity contribution in [1.29, 1.82) is 0 Å². The van der Waals surface area contributed by atoms with Crippen LogP contribution in [0.5, 0.6) is 11.5 Å². The molecule has 21 heavy (non-hydrogen) atoms. The highest BCUT2D eigenvalue weighted by Gasteiger charge is 2.21. The molecule has 1 aromatic carbocycles. The molecule has 0 radical (unpaired) electrons. The summed E-state index contributed by atoms with van der Waals surface area (Å²) in [6, 6.07) is 8.55. The van der Waals surface area contributed by atoms with Gasteiger partial charge in [0.05, 0.1) is 6.61 Å². The molecule has 0 amide bonds. The lowest BCUT2D eigenvalue weighted by Gasteiger charge is -2.35. The normalized spacial score (nSPS) is 19.4. The maximum atomic E-state index is 5.93. The number of para-hydroxylation sites is 2. The van der Waals surface area contributed by atoms with Crippen LogP contribution >= 0.6 is 0 Å². The number of nitrogens with one attached hydrogen (secondary N) is 1. The van der Waals surface area contributed by atoms with Crippen molar-refractivity contribution in [2.75, 3.05) is 39.9 Å². The predicted molar refractivity (Wildman–Crippen MR) is 86.2 cm³/mol. The fourth-order valence-electron chi connectivity index (χ4n) is 2.94. The number of hydrogen-bond donors (Lipinski definition) is 1. The summed E-state index contributed by atoms with van der Waals surface area (Å²) in [5.41, 5.74) is 0. The average Bonchev–Trinajstić information content (AvgIpc) is 2.51. The molecule has 4 heteroatoms. The molecule has 118 valence electrons. The van der Waals surface area contributed by atoms with E-state index in [0.29, 0.717) is 19.3 Å². The molecule has 1 saturated heterocycles. The van der Waals surface area contributed by atoms with Gasteiger partial charge in [-0.3, -0.25) is 4.90 Å². The van der Waals surface area contributed by atoms with Crippen LogP contribution < -0.4 is 14.8 Å². The van der Waals surface area contributed by atoms with Crippen molar-refractivity contribution in [3.8, 4) is 11.5 Å². The molecule has 1 aliphatic rings. The van der Waals surface area contributed by atoms with Crippen LogP contribution in [0.1, 0.15) is 26.2 Å². The smallest absolute Gasteiger partial charge is 0.161 e. The fraction of sp³-hybridized carbons (Fsp3) is 0.647. The van der Waals surface area contributed by atoms with Gasteiger partial charge in [-0.2, -0.15) is 0 Å². The zero-order chi connectivity index (χ0) is 14.9. The largest absolute Gasteiger partial charge is 0.490 e. The van der Waals surface area contributed by atoms with Crippen molar-refractivity contribution >= 4 is 0 Å². The summed E-state index contributed by atoms with van der Waals surface area (Å²) in [5.74, 6) is 1.69. The molecule has 0 spiro atoms. The lowest BCUT2D eigenvalue weighted by molar-refractivity contribution is 0.121. The number of likely N-dealkylation sites (tertiary alicyclic amines) is 1. The third-order valence-electron chi connectivity index (χ3n) is 3.97. The lowest BCUT2D eigenvalue weighted by Crippen LogP contribution is -2.46. The van der Waals surface area contributed by atoms with Gasteiger partial charge in [-0.15, -0.1) is 0 Å². The van der Waals surface area contributed by atoms with E-state index in [1.165, 1.54) is 25.8 Å². The van der Waals surface area contributed by atoms with Crippen LogP contribution in [0, 0.1) is 0 Å². The van der Waals surface area contributed by atoms with E-state index < -0.39 is 0 Å². The highest BCUT2D eigenvalue weighted by molar-refractivity contribution is 5.39. The monoisotopic (exact) mass is 292 g/mol. The Bertz CT molecular complexity index is 410. The molecule has 0 saturated carbocycles. The molecule has 0 aliphatic carbocycles.